The van der Waals surface area contributed by atoms with Crippen molar-refractivity contribution in [3.8, 4) is 5.75 Å². The summed E-state index contributed by atoms with van der Waals surface area (Å²) in [5.41, 5.74) is 3.90. The largest absolute Gasteiger partial charge is 0.478 e. The van der Waals surface area contributed by atoms with Gasteiger partial charge < -0.3 is 14.8 Å². The minimum Gasteiger partial charge on any atom is -0.478 e. The maximum atomic E-state index is 13.9. The molecule has 50 heavy (non-hydrogen) atoms. The maximum Gasteiger partial charge on any atom is 0.339 e. The maximum absolute atomic E-state index is 13.9. The second kappa shape index (κ2) is 14.9. The Balaban J connectivity index is 1.49. The molecule has 2 unspecified atom stereocenters. The number of ether oxygens (including phenoxy) is 1. The van der Waals surface area contributed by atoms with E-state index in [-0.39, 0.29) is 24.3 Å². The number of carbonyl (C=O) groups is 1. The van der Waals surface area contributed by atoms with Gasteiger partial charge in [-0.2, -0.15) is 0 Å². The van der Waals surface area contributed by atoms with Crippen LogP contribution in [0, 0.1) is 0 Å². The highest BCUT2D eigenvalue weighted by Gasteiger charge is 2.44. The molecule has 5 aromatic carbocycles. The first-order valence-corrected chi connectivity index (χ1v) is 18.5. The van der Waals surface area contributed by atoms with Crippen LogP contribution >= 0.6 is 34.8 Å². The van der Waals surface area contributed by atoms with Crippen LogP contribution in [0.25, 0.3) is 10.9 Å². The number of rotatable bonds is 13. The lowest BCUT2D eigenvalue weighted by molar-refractivity contribution is 0.0683. The quantitative estimate of drug-likeness (QED) is 0.102. The number of hydrogen-bond donors (Lipinski definition) is 3. The highest BCUT2D eigenvalue weighted by molar-refractivity contribution is 7.89. The first-order chi connectivity index (χ1) is 24.0. The molecule has 2 atom stereocenters. The minimum atomic E-state index is -4.00. The number of aromatic nitrogens is 1. The van der Waals surface area contributed by atoms with Crippen LogP contribution in [0.15, 0.2) is 127 Å². The van der Waals surface area contributed by atoms with Crippen molar-refractivity contribution in [1.82, 2.24) is 9.71 Å². The van der Waals surface area contributed by atoms with Crippen LogP contribution in [0.3, 0.4) is 0 Å². The fourth-order valence-electron chi connectivity index (χ4n) is 6.22. The standard InChI is InChI=1S/C39H33Cl3N2O5S/c1-25(50(47,48)43-24-28-20-21-29(40)22-33(28)41)37-32(30-16-8-10-18-34(30)44-37)23-39(42,49-35-19-11-9-17-31(35)38(45)46)36(26-12-4-2-5-13-26)27-14-6-3-7-15-27/h2-22,25,36,43-44H,23-24H2,1H3,(H,45,46). The molecule has 0 aliphatic heterocycles. The Morgan fingerprint density at radius 1 is 0.860 bits per heavy atom. The summed E-state index contributed by atoms with van der Waals surface area (Å²) >= 11 is 20.2. The summed E-state index contributed by atoms with van der Waals surface area (Å²) in [4.78, 5) is 15.7. The molecule has 11 heteroatoms. The number of halogens is 3. The molecule has 6 rings (SSSR count). The zero-order valence-electron chi connectivity index (χ0n) is 26.8. The second-order valence-corrected chi connectivity index (χ2v) is 15.5. The molecule has 0 radical (unpaired) electrons. The number of benzene rings is 5. The molecule has 6 aromatic rings. The third kappa shape index (κ3) is 7.55. The minimum absolute atomic E-state index is 0.0147. The van der Waals surface area contributed by atoms with E-state index in [4.69, 9.17) is 39.5 Å². The average molecular weight is 748 g/mol. The van der Waals surface area contributed by atoms with Crippen molar-refractivity contribution in [3.63, 3.8) is 0 Å². The normalized spacial score (nSPS) is 13.6. The van der Waals surface area contributed by atoms with Gasteiger partial charge in [-0.1, -0.05) is 132 Å². The summed E-state index contributed by atoms with van der Waals surface area (Å²) in [6.45, 7) is 1.55. The lowest BCUT2D eigenvalue weighted by Gasteiger charge is -2.37. The molecular formula is C39H33Cl3N2O5S. The second-order valence-electron chi connectivity index (χ2n) is 11.9. The van der Waals surface area contributed by atoms with Crippen LogP contribution in [-0.4, -0.2) is 29.5 Å². The predicted octanol–water partition coefficient (Wildman–Crippen LogP) is 9.74. The molecule has 1 heterocycles. The van der Waals surface area contributed by atoms with E-state index in [1.165, 1.54) is 6.07 Å². The number of sulfonamides is 1. The monoisotopic (exact) mass is 746 g/mol. The van der Waals surface area contributed by atoms with Crippen LogP contribution in [0.1, 0.15) is 56.4 Å². The van der Waals surface area contributed by atoms with Gasteiger partial charge in [-0.05, 0) is 59.5 Å². The van der Waals surface area contributed by atoms with E-state index < -0.39 is 32.2 Å². The number of para-hydroxylation sites is 2. The van der Waals surface area contributed by atoms with Gasteiger partial charge in [0.15, 0.2) is 5.06 Å². The third-order valence-electron chi connectivity index (χ3n) is 8.71. The summed E-state index contributed by atoms with van der Waals surface area (Å²) in [7, 11) is -4.00. The lowest BCUT2D eigenvalue weighted by Crippen LogP contribution is -2.40. The summed E-state index contributed by atoms with van der Waals surface area (Å²) < 4.78 is 37.3. The van der Waals surface area contributed by atoms with Crippen molar-refractivity contribution in [1.29, 1.82) is 0 Å². The van der Waals surface area contributed by atoms with E-state index in [0.29, 0.717) is 32.4 Å². The third-order valence-corrected chi connectivity index (χ3v) is 11.4. The molecule has 1 aromatic heterocycles. The van der Waals surface area contributed by atoms with Gasteiger partial charge in [0.1, 0.15) is 16.6 Å². The first kappa shape index (κ1) is 35.5. The molecule has 0 aliphatic carbocycles. The van der Waals surface area contributed by atoms with E-state index in [1.54, 1.807) is 43.3 Å². The van der Waals surface area contributed by atoms with Gasteiger partial charge >= 0.3 is 5.97 Å². The van der Waals surface area contributed by atoms with Gasteiger partial charge in [0.25, 0.3) is 0 Å². The summed E-state index contributed by atoms with van der Waals surface area (Å²) in [6, 6.07) is 37.9. The molecule has 0 bridgehead atoms. The van der Waals surface area contributed by atoms with Crippen LogP contribution in [-0.2, 0) is 23.0 Å². The lowest BCUT2D eigenvalue weighted by atomic mass is 9.82. The summed E-state index contributed by atoms with van der Waals surface area (Å²) in [6.07, 6.45) is -0.0147. The fourth-order valence-corrected chi connectivity index (χ4v) is 8.28. The number of aromatic carboxylic acids is 1. The number of hydrogen-bond acceptors (Lipinski definition) is 4. The Morgan fingerprint density at radius 2 is 1.46 bits per heavy atom. The van der Waals surface area contributed by atoms with E-state index in [9.17, 15) is 18.3 Å². The molecule has 0 aliphatic rings. The van der Waals surface area contributed by atoms with E-state index in [0.717, 1.165) is 16.5 Å². The van der Waals surface area contributed by atoms with Gasteiger partial charge in [0, 0.05) is 39.6 Å². The first-order valence-electron chi connectivity index (χ1n) is 15.8. The molecular weight excluding hydrogens is 715 g/mol. The highest BCUT2D eigenvalue weighted by Crippen LogP contribution is 2.46. The van der Waals surface area contributed by atoms with Gasteiger partial charge in [-0.25, -0.2) is 17.9 Å². The van der Waals surface area contributed by atoms with Gasteiger partial charge in [0.2, 0.25) is 10.0 Å². The molecule has 3 N–H and O–H groups in total. The Kier molecular flexibility index (Phi) is 10.6. The molecule has 0 amide bonds. The van der Waals surface area contributed by atoms with Crippen molar-refractivity contribution >= 4 is 61.7 Å². The van der Waals surface area contributed by atoms with E-state index >= 15 is 0 Å². The smallest absolute Gasteiger partial charge is 0.339 e. The van der Waals surface area contributed by atoms with Crippen molar-refractivity contribution in [3.05, 3.63) is 171 Å². The summed E-state index contributed by atoms with van der Waals surface area (Å²) in [5.74, 6) is -1.72. The number of carboxylic acid groups (broad SMARTS) is 1. The highest BCUT2D eigenvalue weighted by atomic mass is 35.5. The van der Waals surface area contributed by atoms with Crippen LogP contribution in [0.5, 0.6) is 5.75 Å². The Hall–Kier alpha value is -4.31. The molecule has 0 fully saturated rings. The van der Waals surface area contributed by atoms with Crippen molar-refractivity contribution in [2.24, 2.45) is 0 Å². The summed E-state index contributed by atoms with van der Waals surface area (Å²) in [5, 5.41) is 8.89. The van der Waals surface area contributed by atoms with Crippen molar-refractivity contribution < 1.29 is 23.1 Å². The SMILES string of the molecule is CC(c1[nH]c2ccccc2c1CC(Cl)(Oc1ccccc1C(=O)O)C(c1ccccc1)c1ccccc1)S(=O)(=O)NCc1ccc(Cl)cc1Cl. The van der Waals surface area contributed by atoms with Crippen molar-refractivity contribution in [2.45, 2.75) is 36.1 Å². The van der Waals surface area contributed by atoms with Gasteiger partial charge in [-0.15, -0.1) is 0 Å². The average Bonchev–Trinajstić information content (AvgIpc) is 3.46. The number of alkyl halides is 1. The van der Waals surface area contributed by atoms with E-state index in [1.807, 2.05) is 84.9 Å². The van der Waals surface area contributed by atoms with Crippen LogP contribution in [0.4, 0.5) is 0 Å². The van der Waals surface area contributed by atoms with Crippen molar-refractivity contribution in [2.75, 3.05) is 0 Å². The molecule has 0 saturated heterocycles. The number of H-pyrrole nitrogens is 1. The molecule has 0 spiro atoms. The topological polar surface area (TPSA) is 108 Å². The Labute approximate surface area is 305 Å². The Morgan fingerprint density at radius 3 is 2.10 bits per heavy atom. The van der Waals surface area contributed by atoms with Gasteiger partial charge in [0.05, 0.1) is 5.92 Å². The fraction of sp³-hybridized carbons (Fsp3) is 0.154. The van der Waals surface area contributed by atoms with Crippen LogP contribution in [0.2, 0.25) is 10.0 Å². The van der Waals surface area contributed by atoms with E-state index in [2.05, 4.69) is 9.71 Å². The Bertz CT molecular complexity index is 2210. The number of nitrogens with one attached hydrogen (secondary N) is 2. The van der Waals surface area contributed by atoms with Gasteiger partial charge in [-0.3, -0.25) is 0 Å². The zero-order chi connectivity index (χ0) is 35.5. The number of aromatic amines is 1. The predicted molar refractivity (Wildman–Crippen MR) is 200 cm³/mol. The molecule has 7 nitrogen and oxygen atoms in total. The van der Waals surface area contributed by atoms with Crippen LogP contribution < -0.4 is 9.46 Å². The molecule has 256 valence electrons. The molecule has 0 saturated carbocycles. The zero-order valence-corrected chi connectivity index (χ0v) is 29.9. The number of fused-ring (bicyclic) bond motifs is 1. The number of carboxylic acids is 1.